The first-order valence-corrected chi connectivity index (χ1v) is 7.93. The number of fused-ring (bicyclic) bond motifs is 1. The van der Waals surface area contributed by atoms with Gasteiger partial charge in [-0.2, -0.15) is 0 Å². The molecule has 1 aromatic carbocycles. The lowest BCUT2D eigenvalue weighted by molar-refractivity contribution is 0.0984. The highest BCUT2D eigenvalue weighted by atomic mass is 35.5. The summed E-state index contributed by atoms with van der Waals surface area (Å²) in [6, 6.07) is 6.87. The largest absolute Gasteiger partial charge is 0.493 e. The van der Waals surface area contributed by atoms with E-state index in [9.17, 15) is 4.79 Å². The van der Waals surface area contributed by atoms with Crippen LogP contribution in [0.15, 0.2) is 41.6 Å². The molecule has 1 atom stereocenters. The molecule has 0 bridgehead atoms. The summed E-state index contributed by atoms with van der Waals surface area (Å²) in [5.74, 6) is 0.347. The number of aromatic nitrogens is 1. The molecule has 0 aliphatic carbocycles. The molecule has 1 aliphatic rings. The van der Waals surface area contributed by atoms with Crippen LogP contribution >= 0.6 is 23.5 Å². The van der Waals surface area contributed by atoms with E-state index in [2.05, 4.69) is 9.71 Å². The summed E-state index contributed by atoms with van der Waals surface area (Å²) in [4.78, 5) is 17.1. The summed E-state index contributed by atoms with van der Waals surface area (Å²) in [5, 5.41) is 0.368. The van der Waals surface area contributed by atoms with Crippen molar-refractivity contribution in [2.24, 2.45) is 5.73 Å². The van der Waals surface area contributed by atoms with Gasteiger partial charge in [0, 0.05) is 35.3 Å². The third kappa shape index (κ3) is 3.19. The molecule has 0 radical (unpaired) electrons. The smallest absolute Gasteiger partial charge is 0.263 e. The van der Waals surface area contributed by atoms with Crippen LogP contribution in [0.4, 0.5) is 0 Å². The van der Waals surface area contributed by atoms with Crippen LogP contribution in [-0.4, -0.2) is 17.5 Å². The molecule has 7 heteroatoms. The standard InChI is InChI=1S/C15H14ClN3O2S/c16-12-7-11-13(17)3-6-21-14(11)8-10(12)15(20)19-22-9-1-4-18-5-2-9/h1-2,4-5,7-8,13H,3,6,17H2,(H,19,20)/t13-/m1/s1. The topological polar surface area (TPSA) is 77.2 Å². The van der Waals surface area contributed by atoms with Gasteiger partial charge in [0.1, 0.15) is 5.75 Å². The molecule has 0 unspecified atom stereocenters. The van der Waals surface area contributed by atoms with Crippen LogP contribution in [-0.2, 0) is 0 Å². The zero-order valence-electron chi connectivity index (χ0n) is 11.6. The number of carbonyl (C=O) groups excluding carboxylic acids is 1. The summed E-state index contributed by atoms with van der Waals surface area (Å²) in [6.45, 7) is 0.544. The number of carbonyl (C=O) groups is 1. The Bertz CT molecular complexity index is 697. The van der Waals surface area contributed by atoms with E-state index in [0.29, 0.717) is 22.9 Å². The average Bonchev–Trinajstić information content (AvgIpc) is 2.54. The molecule has 3 rings (SSSR count). The molecular weight excluding hydrogens is 322 g/mol. The molecule has 114 valence electrons. The molecule has 1 amide bonds. The van der Waals surface area contributed by atoms with Crippen LogP contribution in [0.25, 0.3) is 0 Å². The number of hydrogen-bond donors (Lipinski definition) is 2. The Hall–Kier alpha value is -1.76. The van der Waals surface area contributed by atoms with Crippen molar-refractivity contribution in [2.75, 3.05) is 6.61 Å². The Morgan fingerprint density at radius 3 is 2.95 bits per heavy atom. The van der Waals surface area contributed by atoms with Gasteiger partial charge < -0.3 is 10.5 Å². The Labute approximate surface area is 137 Å². The van der Waals surface area contributed by atoms with Crippen LogP contribution in [0.5, 0.6) is 5.75 Å². The van der Waals surface area contributed by atoms with Gasteiger partial charge in [0.05, 0.1) is 17.2 Å². The van der Waals surface area contributed by atoms with E-state index >= 15 is 0 Å². The van der Waals surface area contributed by atoms with Crippen LogP contribution < -0.4 is 15.2 Å². The van der Waals surface area contributed by atoms with Gasteiger partial charge in [-0.25, -0.2) is 0 Å². The van der Waals surface area contributed by atoms with Gasteiger partial charge in [0.15, 0.2) is 0 Å². The van der Waals surface area contributed by atoms with Crippen molar-refractivity contribution in [1.82, 2.24) is 9.71 Å². The zero-order chi connectivity index (χ0) is 15.5. The summed E-state index contributed by atoms with van der Waals surface area (Å²) in [6.07, 6.45) is 4.07. The molecule has 3 N–H and O–H groups in total. The molecule has 0 fully saturated rings. The van der Waals surface area contributed by atoms with Crippen LogP contribution in [0.1, 0.15) is 28.4 Å². The minimum Gasteiger partial charge on any atom is -0.493 e. The maximum atomic E-state index is 12.3. The summed E-state index contributed by atoms with van der Waals surface area (Å²) < 4.78 is 8.32. The maximum absolute atomic E-state index is 12.3. The van der Waals surface area contributed by atoms with Crippen LogP contribution in [0.3, 0.4) is 0 Å². The van der Waals surface area contributed by atoms with E-state index in [1.165, 1.54) is 11.9 Å². The van der Waals surface area contributed by atoms with E-state index in [-0.39, 0.29) is 11.9 Å². The van der Waals surface area contributed by atoms with Crippen molar-refractivity contribution < 1.29 is 9.53 Å². The molecule has 0 saturated carbocycles. The molecule has 22 heavy (non-hydrogen) atoms. The Balaban J connectivity index is 1.78. The van der Waals surface area contributed by atoms with Crippen molar-refractivity contribution in [3.8, 4) is 5.75 Å². The Kier molecular flexibility index (Phi) is 4.52. The first-order chi connectivity index (χ1) is 10.6. The number of nitrogens with two attached hydrogens (primary N) is 1. The lowest BCUT2D eigenvalue weighted by Crippen LogP contribution is -2.22. The summed E-state index contributed by atoms with van der Waals surface area (Å²) >= 11 is 7.42. The first kappa shape index (κ1) is 15.1. The SMILES string of the molecule is N[C@@H]1CCOc2cc(C(=O)NSc3ccncc3)c(Cl)cc21. The van der Waals surface area contributed by atoms with Crippen LogP contribution in [0.2, 0.25) is 5.02 Å². The third-order valence-corrected chi connectivity index (χ3v) is 4.45. The van der Waals surface area contributed by atoms with E-state index < -0.39 is 0 Å². The van der Waals surface area contributed by atoms with Gasteiger partial charge >= 0.3 is 0 Å². The molecular formula is C15H14ClN3O2S. The monoisotopic (exact) mass is 335 g/mol. The van der Waals surface area contributed by atoms with E-state index in [1.807, 2.05) is 12.1 Å². The number of pyridine rings is 1. The number of benzene rings is 1. The highest BCUT2D eigenvalue weighted by Gasteiger charge is 2.22. The molecule has 0 spiro atoms. The third-order valence-electron chi connectivity index (χ3n) is 3.34. The second-order valence-corrected chi connectivity index (χ2v) is 6.12. The normalized spacial score (nSPS) is 16.5. The number of nitrogens with one attached hydrogen (secondary N) is 1. The van der Waals surface area contributed by atoms with Gasteiger partial charge in [-0.1, -0.05) is 11.6 Å². The highest BCUT2D eigenvalue weighted by Crippen LogP contribution is 2.35. The fourth-order valence-corrected chi connectivity index (χ4v) is 3.01. The number of nitrogens with zero attached hydrogens (tertiary/aromatic N) is 1. The van der Waals surface area contributed by atoms with Crippen molar-refractivity contribution >= 4 is 29.5 Å². The summed E-state index contributed by atoms with van der Waals surface area (Å²) in [5.41, 5.74) is 7.24. The van der Waals surface area contributed by atoms with Crippen LogP contribution in [0, 0.1) is 0 Å². The lowest BCUT2D eigenvalue weighted by atomic mass is 9.99. The van der Waals surface area contributed by atoms with E-state index in [4.69, 9.17) is 22.1 Å². The minimum atomic E-state index is -0.280. The quantitative estimate of drug-likeness (QED) is 0.843. The fourth-order valence-electron chi connectivity index (χ4n) is 2.18. The van der Waals surface area contributed by atoms with Gasteiger partial charge in [-0.3, -0.25) is 14.5 Å². The average molecular weight is 336 g/mol. The Morgan fingerprint density at radius 1 is 1.41 bits per heavy atom. The van der Waals surface area contributed by atoms with Crippen molar-refractivity contribution in [2.45, 2.75) is 17.4 Å². The lowest BCUT2D eigenvalue weighted by Gasteiger charge is -2.23. The minimum absolute atomic E-state index is 0.107. The van der Waals surface area contributed by atoms with Gasteiger partial charge in [0.2, 0.25) is 0 Å². The fraction of sp³-hybridized carbons (Fsp3) is 0.200. The maximum Gasteiger partial charge on any atom is 0.263 e. The van der Waals surface area contributed by atoms with E-state index in [1.54, 1.807) is 24.5 Å². The molecule has 1 aliphatic heterocycles. The number of ether oxygens (including phenoxy) is 1. The predicted octanol–water partition coefficient (Wildman–Crippen LogP) is 2.95. The second-order valence-electron chi connectivity index (χ2n) is 4.83. The van der Waals surface area contributed by atoms with Gasteiger partial charge in [0.25, 0.3) is 5.91 Å². The van der Waals surface area contributed by atoms with Crippen molar-refractivity contribution in [3.63, 3.8) is 0 Å². The number of amides is 1. The number of halogens is 1. The Morgan fingerprint density at radius 2 is 2.18 bits per heavy atom. The van der Waals surface area contributed by atoms with Gasteiger partial charge in [-0.05, 0) is 36.2 Å². The second kappa shape index (κ2) is 6.56. The zero-order valence-corrected chi connectivity index (χ0v) is 13.2. The number of rotatable bonds is 3. The van der Waals surface area contributed by atoms with Gasteiger partial charge in [-0.15, -0.1) is 0 Å². The molecule has 2 aromatic rings. The predicted molar refractivity (Wildman–Crippen MR) is 86.1 cm³/mol. The van der Waals surface area contributed by atoms with E-state index in [0.717, 1.165) is 16.9 Å². The molecule has 0 saturated heterocycles. The van der Waals surface area contributed by atoms with Crippen molar-refractivity contribution in [3.05, 3.63) is 52.8 Å². The first-order valence-electron chi connectivity index (χ1n) is 6.74. The molecule has 2 heterocycles. The summed E-state index contributed by atoms with van der Waals surface area (Å²) in [7, 11) is 0. The van der Waals surface area contributed by atoms with Crippen molar-refractivity contribution in [1.29, 1.82) is 0 Å². The number of hydrogen-bond acceptors (Lipinski definition) is 5. The molecule has 5 nitrogen and oxygen atoms in total. The highest BCUT2D eigenvalue weighted by molar-refractivity contribution is 7.98. The molecule has 1 aromatic heterocycles.